The number of aliphatic hydroxyl groups excluding tert-OH is 1. The minimum absolute atomic E-state index is 0.0491. The molecule has 0 unspecified atom stereocenters. The smallest absolute Gasteiger partial charge is 0.241 e. The van der Waals surface area contributed by atoms with Crippen molar-refractivity contribution in [2.45, 2.75) is 24.3 Å². The molecule has 3 N–H and O–H groups in total. The third kappa shape index (κ3) is 5.78. The van der Waals surface area contributed by atoms with Crippen LogP contribution in [0.2, 0.25) is 0 Å². The van der Waals surface area contributed by atoms with Crippen molar-refractivity contribution < 1.29 is 23.1 Å². The van der Waals surface area contributed by atoms with Crippen LogP contribution in [-0.2, 0) is 21.2 Å². The molecule has 7 nitrogen and oxygen atoms in total. The molecule has 0 bridgehead atoms. The lowest BCUT2D eigenvalue weighted by Crippen LogP contribution is -2.48. The number of aryl methyl sites for hydroxylation is 1. The van der Waals surface area contributed by atoms with Crippen LogP contribution in [0.4, 0.5) is 0 Å². The highest BCUT2D eigenvalue weighted by atomic mass is 32.2. The summed E-state index contributed by atoms with van der Waals surface area (Å²) >= 11 is 0. The summed E-state index contributed by atoms with van der Waals surface area (Å²) in [6.07, 6.45) is 0.187. The second-order valence-electron chi connectivity index (χ2n) is 6.01. The lowest BCUT2D eigenvalue weighted by Gasteiger charge is -2.19. The Labute approximate surface area is 159 Å². The third-order valence-corrected chi connectivity index (χ3v) is 5.45. The number of carbonyl (C=O) groups excluding carboxylic acids is 1. The van der Waals surface area contributed by atoms with Gasteiger partial charge in [-0.05, 0) is 42.7 Å². The van der Waals surface area contributed by atoms with Crippen molar-refractivity contribution in [2.75, 3.05) is 20.3 Å². The molecular formula is C19H24N2O5S. The van der Waals surface area contributed by atoms with Crippen LogP contribution in [0.3, 0.4) is 0 Å². The van der Waals surface area contributed by atoms with Gasteiger partial charge in [0.2, 0.25) is 15.9 Å². The number of ether oxygens (including phenoxy) is 1. The van der Waals surface area contributed by atoms with Gasteiger partial charge in [0.15, 0.2) is 0 Å². The highest BCUT2D eigenvalue weighted by Crippen LogP contribution is 2.21. The summed E-state index contributed by atoms with van der Waals surface area (Å²) in [6.45, 7) is 1.56. The van der Waals surface area contributed by atoms with Crippen LogP contribution in [0.5, 0.6) is 5.75 Å². The number of nitrogens with one attached hydrogen (secondary N) is 2. The number of hydrogen-bond donors (Lipinski definition) is 3. The quantitative estimate of drug-likeness (QED) is 0.591. The molecule has 0 fully saturated rings. The molecule has 8 heteroatoms. The fourth-order valence-electron chi connectivity index (χ4n) is 2.61. The van der Waals surface area contributed by atoms with Crippen LogP contribution in [0.1, 0.15) is 11.1 Å². The van der Waals surface area contributed by atoms with E-state index in [1.54, 1.807) is 13.0 Å². The summed E-state index contributed by atoms with van der Waals surface area (Å²) in [6, 6.07) is 12.6. The Morgan fingerprint density at radius 2 is 1.89 bits per heavy atom. The van der Waals surface area contributed by atoms with E-state index in [1.807, 2.05) is 30.3 Å². The van der Waals surface area contributed by atoms with Crippen LogP contribution >= 0.6 is 0 Å². The second kappa shape index (κ2) is 9.50. The Morgan fingerprint density at radius 1 is 1.19 bits per heavy atom. The molecule has 0 heterocycles. The van der Waals surface area contributed by atoms with E-state index in [9.17, 15) is 13.2 Å². The molecule has 1 atom stereocenters. The Morgan fingerprint density at radius 3 is 2.48 bits per heavy atom. The van der Waals surface area contributed by atoms with E-state index in [4.69, 9.17) is 9.84 Å². The van der Waals surface area contributed by atoms with E-state index in [-0.39, 0.29) is 24.5 Å². The Hall–Kier alpha value is -2.42. The average molecular weight is 392 g/mol. The number of benzene rings is 2. The zero-order valence-electron chi connectivity index (χ0n) is 15.3. The van der Waals surface area contributed by atoms with Gasteiger partial charge in [0.05, 0.1) is 18.6 Å². The summed E-state index contributed by atoms with van der Waals surface area (Å²) < 4.78 is 33.2. The lowest BCUT2D eigenvalue weighted by atomic mass is 10.1. The fraction of sp³-hybridized carbons (Fsp3) is 0.316. The predicted octanol–water partition coefficient (Wildman–Crippen LogP) is 1.00. The van der Waals surface area contributed by atoms with Crippen molar-refractivity contribution >= 4 is 15.9 Å². The summed E-state index contributed by atoms with van der Waals surface area (Å²) in [4.78, 5) is 12.5. The van der Waals surface area contributed by atoms with Crippen molar-refractivity contribution in [1.82, 2.24) is 10.0 Å². The molecule has 0 aliphatic carbocycles. The number of methoxy groups -OCH3 is 1. The maximum absolute atomic E-state index is 12.8. The summed E-state index contributed by atoms with van der Waals surface area (Å²) in [7, 11) is -2.42. The van der Waals surface area contributed by atoms with Gasteiger partial charge in [-0.2, -0.15) is 4.72 Å². The summed E-state index contributed by atoms with van der Waals surface area (Å²) in [5.41, 5.74) is 1.49. The predicted molar refractivity (Wildman–Crippen MR) is 102 cm³/mol. The molecule has 2 aromatic carbocycles. The normalized spacial score (nSPS) is 12.4. The molecular weight excluding hydrogens is 368 g/mol. The van der Waals surface area contributed by atoms with Gasteiger partial charge in [-0.3, -0.25) is 4.79 Å². The molecule has 0 aromatic heterocycles. The number of rotatable bonds is 9. The number of aliphatic hydroxyl groups is 1. The number of hydrogen-bond acceptors (Lipinski definition) is 5. The fourth-order valence-corrected chi connectivity index (χ4v) is 3.89. The first-order valence-electron chi connectivity index (χ1n) is 8.47. The highest BCUT2D eigenvalue weighted by molar-refractivity contribution is 7.89. The van der Waals surface area contributed by atoms with Crippen molar-refractivity contribution in [1.29, 1.82) is 0 Å². The molecule has 0 radical (unpaired) electrons. The van der Waals surface area contributed by atoms with E-state index in [2.05, 4.69) is 10.0 Å². The molecule has 1 amide bonds. The monoisotopic (exact) mass is 392 g/mol. The molecule has 0 aliphatic rings. The van der Waals surface area contributed by atoms with Gasteiger partial charge in [-0.1, -0.05) is 30.3 Å². The zero-order valence-corrected chi connectivity index (χ0v) is 16.1. The van der Waals surface area contributed by atoms with Crippen molar-refractivity contribution in [3.63, 3.8) is 0 Å². The molecule has 146 valence electrons. The second-order valence-corrected chi connectivity index (χ2v) is 7.72. The Bertz CT molecular complexity index is 869. The first-order valence-corrected chi connectivity index (χ1v) is 9.95. The minimum atomic E-state index is -3.93. The molecule has 2 aromatic rings. The number of sulfonamides is 1. The van der Waals surface area contributed by atoms with Gasteiger partial charge in [0, 0.05) is 6.54 Å². The topological polar surface area (TPSA) is 105 Å². The van der Waals surface area contributed by atoms with Crippen molar-refractivity contribution in [2.24, 2.45) is 0 Å². The van der Waals surface area contributed by atoms with Crippen LogP contribution in [0.25, 0.3) is 0 Å². The molecule has 0 spiro atoms. The van der Waals surface area contributed by atoms with Gasteiger partial charge < -0.3 is 15.2 Å². The van der Waals surface area contributed by atoms with Crippen LogP contribution in [0, 0.1) is 6.92 Å². The minimum Gasteiger partial charge on any atom is -0.496 e. The first-order chi connectivity index (χ1) is 12.9. The van der Waals surface area contributed by atoms with Gasteiger partial charge in [0.1, 0.15) is 11.8 Å². The molecule has 0 saturated carbocycles. The largest absolute Gasteiger partial charge is 0.496 e. The van der Waals surface area contributed by atoms with Crippen molar-refractivity contribution in [3.05, 3.63) is 59.7 Å². The summed E-state index contributed by atoms with van der Waals surface area (Å²) in [5.74, 6) is 0.0807. The Kier molecular flexibility index (Phi) is 7.35. The standard InChI is InChI=1S/C19H24N2O5S/c1-14-12-16(8-9-18(14)26-2)27(24,25)21-17(19(23)20-10-11-22)13-15-6-4-3-5-7-15/h3-9,12,17,21-22H,10-11,13H2,1-2H3,(H,20,23)/t17-/m0/s1. The maximum Gasteiger partial charge on any atom is 0.241 e. The average Bonchev–Trinajstić information content (AvgIpc) is 2.66. The van der Waals surface area contributed by atoms with E-state index >= 15 is 0 Å². The molecule has 2 rings (SSSR count). The maximum atomic E-state index is 12.8. The van der Waals surface area contributed by atoms with Gasteiger partial charge >= 0.3 is 0 Å². The van der Waals surface area contributed by atoms with Gasteiger partial charge in [-0.25, -0.2) is 8.42 Å². The summed E-state index contributed by atoms with van der Waals surface area (Å²) in [5, 5.41) is 11.4. The Balaban J connectivity index is 2.26. The third-order valence-electron chi connectivity index (χ3n) is 3.98. The van der Waals surface area contributed by atoms with E-state index in [0.717, 1.165) is 5.56 Å². The van der Waals surface area contributed by atoms with E-state index in [0.29, 0.717) is 11.3 Å². The van der Waals surface area contributed by atoms with Gasteiger partial charge in [0.25, 0.3) is 0 Å². The molecule has 0 saturated heterocycles. The lowest BCUT2D eigenvalue weighted by molar-refractivity contribution is -0.122. The molecule has 27 heavy (non-hydrogen) atoms. The first kappa shape index (κ1) is 20.9. The van der Waals surface area contributed by atoms with E-state index in [1.165, 1.54) is 19.2 Å². The number of carbonyl (C=O) groups is 1. The highest BCUT2D eigenvalue weighted by Gasteiger charge is 2.26. The number of amides is 1. The van der Waals surface area contributed by atoms with Crippen LogP contribution in [-0.4, -0.2) is 45.7 Å². The SMILES string of the molecule is COc1ccc(S(=O)(=O)N[C@@H](Cc2ccccc2)C(=O)NCCO)cc1C. The molecule has 0 aliphatic heterocycles. The van der Waals surface area contributed by atoms with Crippen LogP contribution < -0.4 is 14.8 Å². The van der Waals surface area contributed by atoms with Crippen LogP contribution in [0.15, 0.2) is 53.4 Å². The van der Waals surface area contributed by atoms with Gasteiger partial charge in [-0.15, -0.1) is 0 Å². The zero-order chi connectivity index (χ0) is 19.9. The van der Waals surface area contributed by atoms with Crippen molar-refractivity contribution in [3.8, 4) is 5.75 Å². The van der Waals surface area contributed by atoms with E-state index < -0.39 is 22.0 Å².